The van der Waals surface area contributed by atoms with Crippen molar-refractivity contribution in [3.05, 3.63) is 76.4 Å². The van der Waals surface area contributed by atoms with Gasteiger partial charge in [-0.2, -0.15) is 5.10 Å². The van der Waals surface area contributed by atoms with Crippen LogP contribution in [0.2, 0.25) is 10.0 Å². The minimum atomic E-state index is -0.286. The van der Waals surface area contributed by atoms with Gasteiger partial charge in [-0.15, -0.1) is 0 Å². The van der Waals surface area contributed by atoms with E-state index in [2.05, 4.69) is 15.4 Å². The van der Waals surface area contributed by atoms with E-state index >= 15 is 0 Å². The number of carbonyl (C=O) groups is 1. The van der Waals surface area contributed by atoms with Crippen LogP contribution in [0.3, 0.4) is 0 Å². The van der Waals surface area contributed by atoms with Gasteiger partial charge in [-0.05, 0) is 24.3 Å². The summed E-state index contributed by atoms with van der Waals surface area (Å²) in [6, 6.07) is 16.3. The lowest BCUT2D eigenvalue weighted by molar-refractivity contribution is 0.102. The first-order valence-corrected chi connectivity index (χ1v) is 8.92. The van der Waals surface area contributed by atoms with E-state index in [1.807, 2.05) is 30.3 Å². The summed E-state index contributed by atoms with van der Waals surface area (Å²) in [5.41, 5.74) is 3.24. The normalized spacial score (nSPS) is 10.9. The van der Waals surface area contributed by atoms with Crippen LogP contribution in [0.15, 0.2) is 60.8 Å². The summed E-state index contributed by atoms with van der Waals surface area (Å²) in [6.45, 7) is 0. The van der Waals surface area contributed by atoms with Gasteiger partial charge in [0.1, 0.15) is 0 Å². The number of nitrogens with zero attached hydrogens (tertiary/aromatic N) is 3. The second-order valence-corrected chi connectivity index (χ2v) is 6.91. The highest BCUT2D eigenvalue weighted by atomic mass is 35.5. The van der Waals surface area contributed by atoms with E-state index in [0.29, 0.717) is 38.0 Å². The van der Waals surface area contributed by atoms with Gasteiger partial charge in [0.2, 0.25) is 0 Å². The summed E-state index contributed by atoms with van der Waals surface area (Å²) in [6.07, 6.45) is 1.64. The molecule has 0 aliphatic rings. The maximum Gasteiger partial charge on any atom is 0.256 e. The number of amides is 1. The Morgan fingerprint density at radius 1 is 1.04 bits per heavy atom. The average molecular weight is 397 g/mol. The first kappa shape index (κ1) is 17.5. The van der Waals surface area contributed by atoms with Crippen molar-refractivity contribution in [2.75, 3.05) is 5.32 Å². The number of rotatable bonds is 3. The van der Waals surface area contributed by atoms with Gasteiger partial charge in [0.05, 0.1) is 22.8 Å². The van der Waals surface area contributed by atoms with Gasteiger partial charge in [-0.3, -0.25) is 9.48 Å². The van der Waals surface area contributed by atoms with Crippen molar-refractivity contribution in [1.82, 2.24) is 14.8 Å². The third-order valence-corrected chi connectivity index (χ3v) is 4.58. The van der Waals surface area contributed by atoms with E-state index < -0.39 is 0 Å². The average Bonchev–Trinajstić information content (AvgIpc) is 3.02. The minimum absolute atomic E-state index is 0.286. The number of aromatic nitrogens is 3. The molecule has 0 aliphatic heterocycles. The number of hydrogen-bond donors (Lipinski definition) is 1. The summed E-state index contributed by atoms with van der Waals surface area (Å²) in [4.78, 5) is 17.6. The van der Waals surface area contributed by atoms with Crippen LogP contribution in [0.1, 0.15) is 10.4 Å². The van der Waals surface area contributed by atoms with Crippen LogP contribution in [0.25, 0.3) is 22.3 Å². The van der Waals surface area contributed by atoms with Crippen molar-refractivity contribution in [3.8, 4) is 11.3 Å². The molecule has 5 nitrogen and oxygen atoms in total. The zero-order valence-electron chi connectivity index (χ0n) is 14.3. The molecule has 1 amide bonds. The van der Waals surface area contributed by atoms with E-state index in [4.69, 9.17) is 23.2 Å². The standard InChI is InChI=1S/C20H14Cl2N4O/c1-26-19-17(11-23-26)16(10-18(25-19)12-5-3-2-4-6-12)20(27)24-15-8-13(21)7-14(22)9-15/h2-11H,1H3,(H,24,27). The molecule has 0 unspecified atom stereocenters. The summed E-state index contributed by atoms with van der Waals surface area (Å²) in [7, 11) is 1.79. The summed E-state index contributed by atoms with van der Waals surface area (Å²) >= 11 is 12.0. The third kappa shape index (κ3) is 3.52. The molecule has 0 aliphatic carbocycles. The molecule has 1 N–H and O–H groups in total. The molecule has 0 fully saturated rings. The fourth-order valence-electron chi connectivity index (χ4n) is 2.88. The molecule has 134 valence electrons. The quantitative estimate of drug-likeness (QED) is 0.517. The number of halogens is 2. The summed E-state index contributed by atoms with van der Waals surface area (Å²) < 4.78 is 1.65. The Hall–Kier alpha value is -2.89. The smallest absolute Gasteiger partial charge is 0.256 e. The van der Waals surface area contributed by atoms with Crippen LogP contribution in [-0.4, -0.2) is 20.7 Å². The van der Waals surface area contributed by atoms with Crippen molar-refractivity contribution in [2.45, 2.75) is 0 Å². The molecule has 0 radical (unpaired) electrons. The van der Waals surface area contributed by atoms with E-state index in [1.165, 1.54) is 0 Å². The molecule has 0 saturated heterocycles. The van der Waals surface area contributed by atoms with E-state index in [0.717, 1.165) is 5.56 Å². The van der Waals surface area contributed by atoms with Crippen molar-refractivity contribution in [1.29, 1.82) is 0 Å². The molecule has 2 heterocycles. The first-order valence-electron chi connectivity index (χ1n) is 8.17. The number of anilines is 1. The fourth-order valence-corrected chi connectivity index (χ4v) is 3.41. The van der Waals surface area contributed by atoms with Gasteiger partial charge < -0.3 is 5.32 Å². The number of aryl methyl sites for hydroxylation is 1. The number of nitrogens with one attached hydrogen (secondary N) is 1. The fraction of sp³-hybridized carbons (Fsp3) is 0.0500. The molecule has 27 heavy (non-hydrogen) atoms. The Bertz CT molecular complexity index is 1140. The highest BCUT2D eigenvalue weighted by molar-refractivity contribution is 6.35. The topological polar surface area (TPSA) is 59.8 Å². The molecule has 0 atom stereocenters. The van der Waals surface area contributed by atoms with Crippen molar-refractivity contribution in [2.24, 2.45) is 7.05 Å². The van der Waals surface area contributed by atoms with Crippen LogP contribution < -0.4 is 5.32 Å². The van der Waals surface area contributed by atoms with Crippen molar-refractivity contribution < 1.29 is 4.79 Å². The maximum atomic E-state index is 13.0. The molecule has 0 saturated carbocycles. The van der Waals surface area contributed by atoms with Gasteiger partial charge >= 0.3 is 0 Å². The molecule has 0 bridgehead atoms. The van der Waals surface area contributed by atoms with Gasteiger partial charge in [0, 0.05) is 28.3 Å². The lowest BCUT2D eigenvalue weighted by Gasteiger charge is -2.10. The molecular weight excluding hydrogens is 383 g/mol. The second-order valence-electron chi connectivity index (χ2n) is 6.04. The highest BCUT2D eigenvalue weighted by Crippen LogP contribution is 2.27. The van der Waals surface area contributed by atoms with Gasteiger partial charge in [0.25, 0.3) is 5.91 Å². The van der Waals surface area contributed by atoms with Gasteiger partial charge in [-0.25, -0.2) is 4.98 Å². The molecule has 0 spiro atoms. The Labute approximate surface area is 165 Å². The summed E-state index contributed by atoms with van der Waals surface area (Å²) in [5, 5.41) is 8.65. The van der Waals surface area contributed by atoms with Crippen molar-refractivity contribution in [3.63, 3.8) is 0 Å². The number of benzene rings is 2. The largest absolute Gasteiger partial charge is 0.322 e. The molecule has 2 aromatic heterocycles. The molecule has 4 rings (SSSR count). The number of pyridine rings is 1. The minimum Gasteiger partial charge on any atom is -0.322 e. The Kier molecular flexibility index (Phi) is 4.56. The second kappa shape index (κ2) is 7.02. The number of carbonyl (C=O) groups excluding carboxylic acids is 1. The lowest BCUT2D eigenvalue weighted by Crippen LogP contribution is -2.13. The zero-order chi connectivity index (χ0) is 19.0. The number of fused-ring (bicyclic) bond motifs is 1. The van der Waals surface area contributed by atoms with Crippen LogP contribution in [0, 0.1) is 0 Å². The van der Waals surface area contributed by atoms with Crippen LogP contribution in [0.5, 0.6) is 0 Å². The zero-order valence-corrected chi connectivity index (χ0v) is 15.8. The van der Waals surface area contributed by atoms with Crippen molar-refractivity contribution >= 4 is 45.8 Å². The summed E-state index contributed by atoms with van der Waals surface area (Å²) in [5.74, 6) is -0.286. The van der Waals surface area contributed by atoms with E-state index in [1.54, 1.807) is 42.2 Å². The van der Waals surface area contributed by atoms with Gasteiger partial charge in [0.15, 0.2) is 5.65 Å². The highest BCUT2D eigenvalue weighted by Gasteiger charge is 2.17. The first-order chi connectivity index (χ1) is 13.0. The lowest BCUT2D eigenvalue weighted by atomic mass is 10.1. The third-order valence-electron chi connectivity index (χ3n) is 4.14. The monoisotopic (exact) mass is 396 g/mol. The Balaban J connectivity index is 1.81. The predicted molar refractivity (Wildman–Crippen MR) is 108 cm³/mol. The van der Waals surface area contributed by atoms with E-state index in [-0.39, 0.29) is 5.91 Å². The van der Waals surface area contributed by atoms with Crippen LogP contribution in [0.4, 0.5) is 5.69 Å². The SMILES string of the molecule is Cn1ncc2c(C(=O)Nc3cc(Cl)cc(Cl)c3)cc(-c3ccccc3)nc21. The van der Waals surface area contributed by atoms with E-state index in [9.17, 15) is 4.79 Å². The Morgan fingerprint density at radius 2 is 1.74 bits per heavy atom. The number of hydrogen-bond acceptors (Lipinski definition) is 3. The molecule has 2 aromatic carbocycles. The van der Waals surface area contributed by atoms with Gasteiger partial charge in [-0.1, -0.05) is 53.5 Å². The predicted octanol–water partition coefficient (Wildman–Crippen LogP) is 5.19. The maximum absolute atomic E-state index is 13.0. The Morgan fingerprint density at radius 3 is 2.44 bits per heavy atom. The van der Waals surface area contributed by atoms with Crippen LogP contribution in [-0.2, 0) is 7.05 Å². The van der Waals surface area contributed by atoms with Crippen LogP contribution >= 0.6 is 23.2 Å². The molecule has 4 aromatic rings. The molecule has 7 heteroatoms. The molecular formula is C20H14Cl2N4O.